The fraction of sp³-hybridized carbons (Fsp3) is 0.333. The van der Waals surface area contributed by atoms with E-state index in [1.54, 1.807) is 0 Å². The molecule has 2 rings (SSSR count). The van der Waals surface area contributed by atoms with Crippen molar-refractivity contribution in [1.29, 1.82) is 0 Å². The average Bonchev–Trinajstić information content (AvgIpc) is 2.86. The number of sulfonamides is 1. The van der Waals surface area contributed by atoms with Crippen LogP contribution in [0, 0.1) is 0 Å². The molecule has 114 valence electrons. The number of benzene rings is 1. The number of amides is 1. The number of halogens is 1. The van der Waals surface area contributed by atoms with Gasteiger partial charge in [-0.1, -0.05) is 11.6 Å². The van der Waals surface area contributed by atoms with Crippen molar-refractivity contribution in [3.63, 3.8) is 0 Å². The molecule has 1 aliphatic rings. The van der Waals surface area contributed by atoms with Crippen molar-refractivity contribution in [2.45, 2.75) is 23.8 Å². The van der Waals surface area contributed by atoms with E-state index in [9.17, 15) is 18.0 Å². The van der Waals surface area contributed by atoms with Crippen LogP contribution < -0.4 is 5.14 Å². The van der Waals surface area contributed by atoms with Gasteiger partial charge in [0, 0.05) is 12.1 Å². The third-order valence-corrected chi connectivity index (χ3v) is 4.68. The zero-order chi connectivity index (χ0) is 15.8. The van der Waals surface area contributed by atoms with Gasteiger partial charge in [-0.2, -0.15) is 0 Å². The predicted octanol–water partition coefficient (Wildman–Crippen LogP) is 0.677. The summed E-state index contributed by atoms with van der Waals surface area (Å²) in [7, 11) is -4.06. The minimum atomic E-state index is -4.06. The number of hydrogen-bond donors (Lipinski definition) is 2. The molecule has 0 saturated carbocycles. The first kappa shape index (κ1) is 15.7. The lowest BCUT2D eigenvalue weighted by Crippen LogP contribution is -2.40. The number of primary sulfonamides is 1. The number of carbonyl (C=O) groups excluding carboxylic acids is 1. The van der Waals surface area contributed by atoms with Gasteiger partial charge in [-0.05, 0) is 31.0 Å². The van der Waals surface area contributed by atoms with Gasteiger partial charge in [-0.15, -0.1) is 0 Å². The Morgan fingerprint density at radius 3 is 2.62 bits per heavy atom. The Kier molecular flexibility index (Phi) is 4.22. The van der Waals surface area contributed by atoms with E-state index in [4.69, 9.17) is 21.8 Å². The van der Waals surface area contributed by atoms with Crippen molar-refractivity contribution in [2.75, 3.05) is 6.54 Å². The van der Waals surface area contributed by atoms with E-state index in [2.05, 4.69) is 0 Å². The Bertz CT molecular complexity index is 704. The quantitative estimate of drug-likeness (QED) is 0.843. The summed E-state index contributed by atoms with van der Waals surface area (Å²) in [6.45, 7) is 0.309. The number of rotatable bonds is 3. The summed E-state index contributed by atoms with van der Waals surface area (Å²) in [4.78, 5) is 24.3. The lowest BCUT2D eigenvalue weighted by molar-refractivity contribution is -0.141. The van der Waals surface area contributed by atoms with E-state index < -0.39 is 27.9 Å². The van der Waals surface area contributed by atoms with Crippen LogP contribution in [0.4, 0.5) is 0 Å². The maximum absolute atomic E-state index is 12.3. The van der Waals surface area contributed by atoms with Crippen LogP contribution in [0.1, 0.15) is 23.2 Å². The van der Waals surface area contributed by atoms with Gasteiger partial charge >= 0.3 is 5.97 Å². The Hall–Kier alpha value is -1.64. The van der Waals surface area contributed by atoms with Gasteiger partial charge in [-0.25, -0.2) is 18.4 Å². The first-order valence-corrected chi connectivity index (χ1v) is 8.00. The zero-order valence-corrected chi connectivity index (χ0v) is 12.4. The highest BCUT2D eigenvalue weighted by molar-refractivity contribution is 7.89. The molecule has 1 aromatic rings. The second kappa shape index (κ2) is 5.63. The SMILES string of the molecule is NS(=O)(=O)c1cc(C(=O)N2CCC[C@H]2C(=O)O)ccc1Cl. The molecule has 1 aromatic carbocycles. The van der Waals surface area contributed by atoms with Crippen LogP contribution in [-0.4, -0.2) is 42.9 Å². The molecular formula is C12H13ClN2O5S. The third-order valence-electron chi connectivity index (χ3n) is 3.28. The second-order valence-corrected chi connectivity index (χ2v) is 6.62. The summed E-state index contributed by atoms with van der Waals surface area (Å²) < 4.78 is 22.8. The van der Waals surface area contributed by atoms with Crippen LogP contribution in [0.25, 0.3) is 0 Å². The Morgan fingerprint density at radius 2 is 2.05 bits per heavy atom. The molecule has 1 atom stereocenters. The minimum absolute atomic E-state index is 0.0385. The van der Waals surface area contributed by atoms with Crippen LogP contribution in [-0.2, 0) is 14.8 Å². The molecule has 0 radical (unpaired) electrons. The topological polar surface area (TPSA) is 118 Å². The number of likely N-dealkylation sites (tertiary alicyclic amines) is 1. The second-order valence-electron chi connectivity index (χ2n) is 4.69. The summed E-state index contributed by atoms with van der Waals surface area (Å²) >= 11 is 5.75. The summed E-state index contributed by atoms with van der Waals surface area (Å²) in [6, 6.07) is 2.76. The molecule has 0 spiro atoms. The van der Waals surface area contributed by atoms with E-state index >= 15 is 0 Å². The van der Waals surface area contributed by atoms with Crippen molar-refractivity contribution in [1.82, 2.24) is 4.90 Å². The normalized spacial score (nSPS) is 18.8. The molecule has 21 heavy (non-hydrogen) atoms. The minimum Gasteiger partial charge on any atom is -0.480 e. The van der Waals surface area contributed by atoms with E-state index in [0.717, 1.165) is 6.07 Å². The van der Waals surface area contributed by atoms with E-state index in [1.165, 1.54) is 17.0 Å². The first-order chi connectivity index (χ1) is 9.71. The van der Waals surface area contributed by atoms with Gasteiger partial charge in [0.2, 0.25) is 10.0 Å². The molecule has 3 N–H and O–H groups in total. The summed E-state index contributed by atoms with van der Waals surface area (Å²) in [5, 5.41) is 14.0. The lowest BCUT2D eigenvalue weighted by Gasteiger charge is -2.21. The van der Waals surface area contributed by atoms with Gasteiger partial charge in [0.15, 0.2) is 0 Å². The average molecular weight is 333 g/mol. The van der Waals surface area contributed by atoms with Crippen LogP contribution in [0.15, 0.2) is 23.1 Å². The van der Waals surface area contributed by atoms with Crippen LogP contribution in [0.2, 0.25) is 5.02 Å². The number of nitrogens with zero attached hydrogens (tertiary/aromatic N) is 1. The van der Waals surface area contributed by atoms with Crippen molar-refractivity contribution >= 4 is 33.5 Å². The Labute approximate surface area is 126 Å². The Morgan fingerprint density at radius 1 is 1.38 bits per heavy atom. The van der Waals surface area contributed by atoms with E-state index in [-0.39, 0.29) is 15.5 Å². The standard InChI is InChI=1S/C12H13ClN2O5S/c13-8-4-3-7(6-10(8)21(14,19)20)11(16)15-5-1-2-9(15)12(17)18/h3-4,6,9H,1-2,5H2,(H,17,18)(H2,14,19,20)/t9-/m0/s1. The van der Waals surface area contributed by atoms with Crippen LogP contribution in [0.3, 0.4) is 0 Å². The van der Waals surface area contributed by atoms with Gasteiger partial charge in [0.25, 0.3) is 5.91 Å². The summed E-state index contributed by atoms with van der Waals surface area (Å²) in [5.74, 6) is -1.64. The van der Waals surface area contributed by atoms with Crippen LogP contribution >= 0.6 is 11.6 Å². The number of carboxylic acids is 1. The van der Waals surface area contributed by atoms with Crippen LogP contribution in [0.5, 0.6) is 0 Å². The predicted molar refractivity (Wildman–Crippen MR) is 74.5 cm³/mol. The number of aliphatic carboxylic acids is 1. The van der Waals surface area contributed by atoms with Gasteiger partial charge < -0.3 is 10.0 Å². The smallest absolute Gasteiger partial charge is 0.326 e. The summed E-state index contributed by atoms with van der Waals surface area (Å²) in [5.41, 5.74) is 0.0385. The molecule has 1 fully saturated rings. The number of carboxylic acid groups (broad SMARTS) is 1. The van der Waals surface area contributed by atoms with E-state index in [0.29, 0.717) is 19.4 Å². The molecular weight excluding hydrogens is 320 g/mol. The molecule has 0 unspecified atom stereocenters. The van der Waals surface area contributed by atoms with Crippen molar-refractivity contribution in [3.8, 4) is 0 Å². The molecule has 7 nitrogen and oxygen atoms in total. The lowest BCUT2D eigenvalue weighted by atomic mass is 10.1. The molecule has 1 amide bonds. The Balaban J connectivity index is 2.39. The third kappa shape index (κ3) is 3.17. The van der Waals surface area contributed by atoms with Gasteiger partial charge in [-0.3, -0.25) is 4.79 Å². The molecule has 1 saturated heterocycles. The molecule has 0 aromatic heterocycles. The fourth-order valence-electron chi connectivity index (χ4n) is 2.29. The highest BCUT2D eigenvalue weighted by Crippen LogP contribution is 2.25. The molecule has 0 aliphatic carbocycles. The number of nitrogens with two attached hydrogens (primary N) is 1. The van der Waals surface area contributed by atoms with Crippen molar-refractivity contribution < 1.29 is 23.1 Å². The number of hydrogen-bond acceptors (Lipinski definition) is 4. The zero-order valence-electron chi connectivity index (χ0n) is 10.8. The molecule has 9 heteroatoms. The molecule has 0 bridgehead atoms. The first-order valence-electron chi connectivity index (χ1n) is 6.08. The van der Waals surface area contributed by atoms with Gasteiger partial charge in [0.05, 0.1) is 5.02 Å². The monoisotopic (exact) mass is 332 g/mol. The maximum Gasteiger partial charge on any atom is 0.326 e. The number of carbonyl (C=O) groups is 2. The summed E-state index contributed by atoms with van der Waals surface area (Å²) in [6.07, 6.45) is 0.953. The maximum atomic E-state index is 12.3. The van der Waals surface area contributed by atoms with Gasteiger partial charge in [0.1, 0.15) is 10.9 Å². The highest BCUT2D eigenvalue weighted by Gasteiger charge is 2.34. The molecule has 1 heterocycles. The fourth-order valence-corrected chi connectivity index (χ4v) is 3.36. The molecule has 1 aliphatic heterocycles. The van der Waals surface area contributed by atoms with Crippen molar-refractivity contribution in [2.24, 2.45) is 5.14 Å². The van der Waals surface area contributed by atoms with E-state index in [1.807, 2.05) is 0 Å². The van der Waals surface area contributed by atoms with Crippen molar-refractivity contribution in [3.05, 3.63) is 28.8 Å². The highest BCUT2D eigenvalue weighted by atomic mass is 35.5. The largest absolute Gasteiger partial charge is 0.480 e.